The van der Waals surface area contributed by atoms with E-state index < -0.39 is 17.5 Å². The zero-order valence-corrected chi connectivity index (χ0v) is 14.8. The van der Waals surface area contributed by atoms with Crippen LogP contribution in [0.5, 0.6) is 0 Å². The monoisotopic (exact) mass is 330 g/mol. The first-order valence-corrected chi connectivity index (χ1v) is 9.06. The number of ether oxygens (including phenoxy) is 1. The second kappa shape index (κ2) is 13.3. The molecule has 0 radical (unpaired) electrons. The van der Waals surface area contributed by atoms with Gasteiger partial charge in [-0.1, -0.05) is 77.6 Å². The summed E-state index contributed by atoms with van der Waals surface area (Å²) in [6.07, 6.45) is 14.5. The van der Waals surface area contributed by atoms with Crippen LogP contribution in [0.2, 0.25) is 0 Å². The zero-order valence-electron chi connectivity index (χ0n) is 14.8. The Morgan fingerprint density at radius 2 is 1.09 bits per heavy atom. The molecule has 0 aromatic heterocycles. The highest BCUT2D eigenvalue weighted by molar-refractivity contribution is 6.01. The first-order valence-electron chi connectivity index (χ1n) is 9.06. The minimum Gasteiger partial charge on any atom is -0.479 e. The minimum absolute atomic E-state index is 0.173. The average Bonchev–Trinajstić information content (AvgIpc) is 2.51. The lowest BCUT2D eigenvalue weighted by atomic mass is 10.1. The lowest BCUT2D eigenvalue weighted by molar-refractivity contribution is -0.181. The molecule has 0 fully saturated rings. The van der Waals surface area contributed by atoms with E-state index in [1.54, 1.807) is 0 Å². The highest BCUT2D eigenvalue weighted by atomic mass is 16.5. The fraction of sp³-hybridized carbons (Fsp3) is 0.889. The number of carboxylic acid groups (broad SMARTS) is 2. The van der Waals surface area contributed by atoms with Crippen molar-refractivity contribution < 1.29 is 24.5 Å². The summed E-state index contributed by atoms with van der Waals surface area (Å²) in [6, 6.07) is 0. The smallest absolute Gasteiger partial charge is 0.347 e. The van der Waals surface area contributed by atoms with Gasteiger partial charge in [-0.25, -0.2) is 9.59 Å². The summed E-state index contributed by atoms with van der Waals surface area (Å²) in [7, 11) is 0. The molecule has 0 aromatic rings. The Hall–Kier alpha value is -1.10. The van der Waals surface area contributed by atoms with Crippen LogP contribution in [-0.4, -0.2) is 34.4 Å². The topological polar surface area (TPSA) is 83.8 Å². The second-order valence-corrected chi connectivity index (χ2v) is 6.38. The van der Waals surface area contributed by atoms with Gasteiger partial charge in [0.2, 0.25) is 0 Å². The number of unbranched alkanes of at least 4 members (excludes halogenated alkanes) is 11. The van der Waals surface area contributed by atoms with E-state index in [2.05, 4.69) is 6.92 Å². The first-order chi connectivity index (χ1) is 10.9. The quantitative estimate of drug-likeness (QED) is 0.318. The summed E-state index contributed by atoms with van der Waals surface area (Å²) < 4.78 is 5.05. The maximum atomic E-state index is 10.9. The normalized spacial score (nSPS) is 11.6. The third-order valence-electron chi connectivity index (χ3n) is 4.20. The number of carboxylic acids is 2. The number of rotatable bonds is 16. The van der Waals surface area contributed by atoms with Crippen LogP contribution in [0.3, 0.4) is 0 Å². The molecule has 0 bridgehead atoms. The van der Waals surface area contributed by atoms with Crippen molar-refractivity contribution in [1.82, 2.24) is 0 Å². The second-order valence-electron chi connectivity index (χ2n) is 6.38. The van der Waals surface area contributed by atoms with E-state index in [0.29, 0.717) is 6.42 Å². The Morgan fingerprint density at radius 3 is 1.43 bits per heavy atom. The predicted molar refractivity (Wildman–Crippen MR) is 90.7 cm³/mol. The molecule has 0 unspecified atom stereocenters. The molecule has 0 heterocycles. The van der Waals surface area contributed by atoms with Crippen LogP contribution < -0.4 is 0 Å². The molecule has 136 valence electrons. The van der Waals surface area contributed by atoms with Crippen LogP contribution in [0.25, 0.3) is 0 Å². The molecule has 5 nitrogen and oxygen atoms in total. The van der Waals surface area contributed by atoms with Crippen molar-refractivity contribution in [2.45, 2.75) is 96.5 Å². The highest BCUT2D eigenvalue weighted by Gasteiger charge is 2.42. The van der Waals surface area contributed by atoms with Crippen LogP contribution in [0.1, 0.15) is 90.9 Å². The number of hydrogen-bond donors (Lipinski definition) is 2. The summed E-state index contributed by atoms with van der Waals surface area (Å²) in [4.78, 5) is 21.8. The molecule has 0 amide bonds. The van der Waals surface area contributed by atoms with Crippen molar-refractivity contribution in [1.29, 1.82) is 0 Å². The van der Waals surface area contributed by atoms with Crippen molar-refractivity contribution in [2.75, 3.05) is 6.61 Å². The Kier molecular flexibility index (Phi) is 12.7. The standard InChI is InChI=1S/C18H34O5/c1-3-4-5-6-7-8-9-10-11-12-13-14-15-23-18(2,16(19)20)17(21)22/h3-15H2,1-2H3,(H,19,20)(H,21,22). The molecule has 0 aliphatic rings. The molecule has 5 heteroatoms. The van der Waals surface area contributed by atoms with E-state index in [1.165, 1.54) is 57.8 Å². The summed E-state index contributed by atoms with van der Waals surface area (Å²) >= 11 is 0. The van der Waals surface area contributed by atoms with Crippen LogP contribution in [0, 0.1) is 0 Å². The van der Waals surface area contributed by atoms with Crippen LogP contribution in [-0.2, 0) is 14.3 Å². The lowest BCUT2D eigenvalue weighted by Gasteiger charge is -2.20. The van der Waals surface area contributed by atoms with Gasteiger partial charge in [0, 0.05) is 6.61 Å². The summed E-state index contributed by atoms with van der Waals surface area (Å²) in [5.74, 6) is -2.91. The molecule has 0 atom stereocenters. The summed E-state index contributed by atoms with van der Waals surface area (Å²) in [5.41, 5.74) is -2.13. The summed E-state index contributed by atoms with van der Waals surface area (Å²) in [6.45, 7) is 3.49. The van der Waals surface area contributed by atoms with Gasteiger partial charge in [-0.2, -0.15) is 0 Å². The van der Waals surface area contributed by atoms with E-state index in [-0.39, 0.29) is 6.61 Å². The molecule has 2 N–H and O–H groups in total. The predicted octanol–water partition coefficient (Wildman–Crippen LogP) is 4.63. The van der Waals surface area contributed by atoms with Gasteiger partial charge >= 0.3 is 11.9 Å². The first kappa shape index (κ1) is 21.9. The van der Waals surface area contributed by atoms with Crippen molar-refractivity contribution in [2.24, 2.45) is 0 Å². The molecule has 23 heavy (non-hydrogen) atoms. The van der Waals surface area contributed by atoms with Crippen molar-refractivity contribution in [3.8, 4) is 0 Å². The van der Waals surface area contributed by atoms with Gasteiger partial charge in [0.05, 0.1) is 0 Å². The van der Waals surface area contributed by atoms with Crippen molar-refractivity contribution in [3.63, 3.8) is 0 Å². The Labute approximate surface area is 140 Å². The van der Waals surface area contributed by atoms with Crippen LogP contribution in [0.15, 0.2) is 0 Å². The maximum absolute atomic E-state index is 10.9. The Morgan fingerprint density at radius 1 is 0.739 bits per heavy atom. The van der Waals surface area contributed by atoms with Gasteiger partial charge in [0.15, 0.2) is 0 Å². The fourth-order valence-electron chi connectivity index (χ4n) is 2.43. The number of aliphatic carboxylic acids is 2. The number of carbonyl (C=O) groups is 2. The molecule has 0 aromatic carbocycles. The van der Waals surface area contributed by atoms with Gasteiger partial charge < -0.3 is 14.9 Å². The van der Waals surface area contributed by atoms with Crippen molar-refractivity contribution in [3.05, 3.63) is 0 Å². The van der Waals surface area contributed by atoms with E-state index in [1.807, 2.05) is 0 Å². The third-order valence-corrected chi connectivity index (χ3v) is 4.20. The number of hydrogen-bond acceptors (Lipinski definition) is 3. The molecule has 0 rings (SSSR count). The van der Waals surface area contributed by atoms with E-state index >= 15 is 0 Å². The largest absolute Gasteiger partial charge is 0.479 e. The maximum Gasteiger partial charge on any atom is 0.347 e. The minimum atomic E-state index is -2.13. The molecular formula is C18H34O5. The lowest BCUT2D eigenvalue weighted by Crippen LogP contribution is -2.46. The molecular weight excluding hydrogens is 296 g/mol. The van der Waals surface area contributed by atoms with Gasteiger partial charge in [0.1, 0.15) is 0 Å². The van der Waals surface area contributed by atoms with Gasteiger partial charge in [-0.05, 0) is 13.3 Å². The van der Waals surface area contributed by atoms with Gasteiger partial charge in [-0.3, -0.25) is 0 Å². The zero-order chi connectivity index (χ0) is 17.6. The van der Waals surface area contributed by atoms with Crippen LogP contribution >= 0.6 is 0 Å². The molecule has 0 spiro atoms. The van der Waals surface area contributed by atoms with Crippen LogP contribution in [0.4, 0.5) is 0 Å². The SMILES string of the molecule is CCCCCCCCCCCCCCOC(C)(C(=O)O)C(=O)O. The Bertz CT molecular complexity index is 313. The molecule has 0 saturated carbocycles. The van der Waals surface area contributed by atoms with Gasteiger partial charge in [-0.15, -0.1) is 0 Å². The van der Waals surface area contributed by atoms with E-state index in [9.17, 15) is 9.59 Å². The Balaban J connectivity index is 3.43. The summed E-state index contributed by atoms with van der Waals surface area (Å²) in [5, 5.41) is 17.8. The molecule has 0 aliphatic carbocycles. The average molecular weight is 330 g/mol. The third kappa shape index (κ3) is 10.3. The van der Waals surface area contributed by atoms with Crippen molar-refractivity contribution >= 4 is 11.9 Å². The molecule has 0 saturated heterocycles. The fourth-order valence-corrected chi connectivity index (χ4v) is 2.43. The van der Waals surface area contributed by atoms with E-state index in [0.717, 1.165) is 19.8 Å². The molecule has 0 aliphatic heterocycles. The van der Waals surface area contributed by atoms with Gasteiger partial charge in [0.25, 0.3) is 5.60 Å². The van der Waals surface area contributed by atoms with E-state index in [4.69, 9.17) is 14.9 Å². The highest BCUT2D eigenvalue weighted by Crippen LogP contribution is 2.14.